The minimum Gasteiger partial charge on any atom is -0.403 e. The zero-order valence-corrected chi connectivity index (χ0v) is 11.6. The van der Waals surface area contributed by atoms with Crippen molar-refractivity contribution < 1.29 is 9.63 Å². The van der Waals surface area contributed by atoms with Crippen molar-refractivity contribution in [1.82, 2.24) is 5.06 Å². The molecule has 2 aliphatic rings. The third-order valence-corrected chi connectivity index (χ3v) is 4.38. The van der Waals surface area contributed by atoms with E-state index in [1.54, 1.807) is 0 Å². The van der Waals surface area contributed by atoms with E-state index in [1.807, 2.05) is 35.4 Å². The average Bonchev–Trinajstić information content (AvgIpc) is 2.83. The van der Waals surface area contributed by atoms with E-state index < -0.39 is 0 Å². The van der Waals surface area contributed by atoms with Crippen LogP contribution in [0, 0.1) is 0 Å². The molecule has 3 heteroatoms. The standard InChI is InChI=1S/C16H19NO2/c1-15(2)9-10-16(3)13(11-18)14(19-17(15)16)12-7-5-4-6-8-12/h4-8,11H,9-10H2,1-3H3. The Morgan fingerprint density at radius 3 is 2.47 bits per heavy atom. The van der Waals surface area contributed by atoms with Gasteiger partial charge in [-0.25, -0.2) is 0 Å². The Morgan fingerprint density at radius 2 is 1.84 bits per heavy atom. The van der Waals surface area contributed by atoms with Crippen LogP contribution < -0.4 is 0 Å². The van der Waals surface area contributed by atoms with Gasteiger partial charge in [0.25, 0.3) is 0 Å². The fraction of sp³-hybridized carbons (Fsp3) is 0.438. The van der Waals surface area contributed by atoms with Crippen LogP contribution in [0.1, 0.15) is 39.2 Å². The number of nitrogens with zero attached hydrogens (tertiary/aromatic N) is 1. The largest absolute Gasteiger partial charge is 0.403 e. The van der Waals surface area contributed by atoms with Crippen molar-refractivity contribution in [3.05, 3.63) is 41.5 Å². The summed E-state index contributed by atoms with van der Waals surface area (Å²) in [6, 6.07) is 9.86. The van der Waals surface area contributed by atoms with Gasteiger partial charge in [0.15, 0.2) is 12.0 Å². The molecule has 1 unspecified atom stereocenters. The van der Waals surface area contributed by atoms with Gasteiger partial charge in [-0.1, -0.05) is 30.3 Å². The van der Waals surface area contributed by atoms with Gasteiger partial charge in [0.1, 0.15) is 0 Å². The lowest BCUT2D eigenvalue weighted by Gasteiger charge is -2.34. The molecular formula is C16H19NO2. The second-order valence-corrected chi connectivity index (χ2v) is 6.20. The van der Waals surface area contributed by atoms with E-state index in [0.29, 0.717) is 5.76 Å². The van der Waals surface area contributed by atoms with Crippen LogP contribution in [0.25, 0.3) is 5.76 Å². The molecule has 0 radical (unpaired) electrons. The highest BCUT2D eigenvalue weighted by Crippen LogP contribution is 2.51. The number of carbonyl (C=O) groups is 1. The normalized spacial score (nSPS) is 29.2. The molecule has 0 amide bonds. The Hall–Kier alpha value is -1.61. The Balaban J connectivity index is 2.11. The van der Waals surface area contributed by atoms with Gasteiger partial charge < -0.3 is 4.84 Å². The number of aldehydes is 1. The molecule has 1 saturated heterocycles. The van der Waals surface area contributed by atoms with E-state index in [0.717, 1.165) is 30.3 Å². The Bertz CT molecular complexity index is 547. The summed E-state index contributed by atoms with van der Waals surface area (Å²) in [4.78, 5) is 17.7. The lowest BCUT2D eigenvalue weighted by atomic mass is 9.89. The third-order valence-electron chi connectivity index (χ3n) is 4.38. The Labute approximate surface area is 113 Å². The van der Waals surface area contributed by atoms with Gasteiger partial charge in [0, 0.05) is 5.56 Å². The number of rotatable bonds is 2. The zero-order chi connectivity index (χ0) is 13.7. The van der Waals surface area contributed by atoms with Crippen molar-refractivity contribution in [3.63, 3.8) is 0 Å². The SMILES string of the molecule is CC1(C)CCC2(C)C(C=O)=C(c3ccccc3)ON12. The van der Waals surface area contributed by atoms with Crippen LogP contribution in [-0.2, 0) is 9.63 Å². The van der Waals surface area contributed by atoms with Crippen LogP contribution in [-0.4, -0.2) is 22.4 Å². The number of hydroxylamine groups is 2. The van der Waals surface area contributed by atoms with Gasteiger partial charge in [-0.3, -0.25) is 4.79 Å². The molecule has 1 atom stereocenters. The molecule has 3 nitrogen and oxygen atoms in total. The first-order valence-electron chi connectivity index (χ1n) is 6.73. The predicted molar refractivity (Wildman–Crippen MR) is 74.1 cm³/mol. The molecule has 0 spiro atoms. The molecular weight excluding hydrogens is 238 g/mol. The summed E-state index contributed by atoms with van der Waals surface area (Å²) in [5.41, 5.74) is 1.40. The first-order chi connectivity index (χ1) is 8.99. The van der Waals surface area contributed by atoms with Crippen molar-refractivity contribution in [2.45, 2.75) is 44.7 Å². The molecule has 1 aromatic rings. The summed E-state index contributed by atoms with van der Waals surface area (Å²) in [5, 5.41) is 2.01. The third kappa shape index (κ3) is 1.65. The molecule has 0 bridgehead atoms. The summed E-state index contributed by atoms with van der Waals surface area (Å²) < 4.78 is 0. The number of hydrogen-bond acceptors (Lipinski definition) is 3. The highest BCUT2D eigenvalue weighted by atomic mass is 16.7. The zero-order valence-electron chi connectivity index (χ0n) is 11.6. The second-order valence-electron chi connectivity index (χ2n) is 6.20. The topological polar surface area (TPSA) is 29.5 Å². The molecule has 0 aliphatic carbocycles. The van der Waals surface area contributed by atoms with Gasteiger partial charge in [0.2, 0.25) is 0 Å². The minimum absolute atomic E-state index is 0.0421. The van der Waals surface area contributed by atoms with Crippen LogP contribution in [0.4, 0.5) is 0 Å². The maximum absolute atomic E-state index is 11.6. The van der Waals surface area contributed by atoms with Gasteiger partial charge in [-0.15, -0.1) is 5.06 Å². The Kier molecular flexibility index (Phi) is 2.58. The van der Waals surface area contributed by atoms with Crippen LogP contribution in [0.5, 0.6) is 0 Å². The van der Waals surface area contributed by atoms with E-state index in [4.69, 9.17) is 4.84 Å². The molecule has 19 heavy (non-hydrogen) atoms. The highest BCUT2D eigenvalue weighted by molar-refractivity contribution is 5.90. The molecule has 0 saturated carbocycles. The van der Waals surface area contributed by atoms with Crippen LogP contribution in [0.3, 0.4) is 0 Å². The van der Waals surface area contributed by atoms with Gasteiger partial charge in [-0.2, -0.15) is 0 Å². The van der Waals surface area contributed by atoms with Crippen molar-refractivity contribution in [2.75, 3.05) is 0 Å². The number of hydrogen-bond donors (Lipinski definition) is 0. The fourth-order valence-corrected chi connectivity index (χ4v) is 3.25. The van der Waals surface area contributed by atoms with Gasteiger partial charge in [0.05, 0.1) is 16.7 Å². The molecule has 2 heterocycles. The first-order valence-corrected chi connectivity index (χ1v) is 6.73. The quantitative estimate of drug-likeness (QED) is 0.762. The summed E-state index contributed by atoms with van der Waals surface area (Å²) in [7, 11) is 0. The van der Waals surface area contributed by atoms with E-state index in [2.05, 4.69) is 20.8 Å². The predicted octanol–water partition coefficient (Wildman–Crippen LogP) is 3.17. The van der Waals surface area contributed by atoms with Crippen molar-refractivity contribution in [2.24, 2.45) is 0 Å². The minimum atomic E-state index is -0.295. The van der Waals surface area contributed by atoms with Crippen molar-refractivity contribution >= 4 is 12.0 Å². The summed E-state index contributed by atoms with van der Waals surface area (Å²) >= 11 is 0. The molecule has 1 fully saturated rings. The lowest BCUT2D eigenvalue weighted by Crippen LogP contribution is -2.46. The van der Waals surface area contributed by atoms with Crippen molar-refractivity contribution in [1.29, 1.82) is 0 Å². The molecule has 0 N–H and O–H groups in total. The van der Waals surface area contributed by atoms with Gasteiger partial charge in [-0.05, 0) is 33.6 Å². The molecule has 2 aliphatic heterocycles. The maximum atomic E-state index is 11.6. The van der Waals surface area contributed by atoms with Crippen LogP contribution >= 0.6 is 0 Å². The number of fused-ring (bicyclic) bond motifs is 1. The average molecular weight is 257 g/mol. The van der Waals surface area contributed by atoms with E-state index >= 15 is 0 Å². The number of carbonyl (C=O) groups excluding carboxylic acids is 1. The fourth-order valence-electron chi connectivity index (χ4n) is 3.25. The number of benzene rings is 1. The first kappa shape index (κ1) is 12.4. The highest BCUT2D eigenvalue weighted by Gasteiger charge is 2.56. The monoisotopic (exact) mass is 257 g/mol. The molecule has 1 aromatic carbocycles. The maximum Gasteiger partial charge on any atom is 0.163 e. The second kappa shape index (κ2) is 3.94. The van der Waals surface area contributed by atoms with E-state index in [1.165, 1.54) is 0 Å². The Morgan fingerprint density at radius 1 is 1.16 bits per heavy atom. The van der Waals surface area contributed by atoms with Gasteiger partial charge >= 0.3 is 0 Å². The summed E-state index contributed by atoms with van der Waals surface area (Å²) in [6.45, 7) is 6.42. The van der Waals surface area contributed by atoms with Crippen LogP contribution in [0.15, 0.2) is 35.9 Å². The molecule has 3 rings (SSSR count). The van der Waals surface area contributed by atoms with Crippen LogP contribution in [0.2, 0.25) is 0 Å². The summed E-state index contributed by atoms with van der Waals surface area (Å²) in [6.07, 6.45) is 2.94. The van der Waals surface area contributed by atoms with Crippen molar-refractivity contribution in [3.8, 4) is 0 Å². The smallest absolute Gasteiger partial charge is 0.163 e. The summed E-state index contributed by atoms with van der Waals surface area (Å²) in [5.74, 6) is 0.714. The lowest BCUT2D eigenvalue weighted by molar-refractivity contribution is -0.162. The van der Waals surface area contributed by atoms with E-state index in [-0.39, 0.29) is 11.1 Å². The van der Waals surface area contributed by atoms with E-state index in [9.17, 15) is 4.79 Å². The molecule has 100 valence electrons. The molecule has 0 aromatic heterocycles.